The number of carbonyl (C=O) groups excluding carboxylic acids is 1. The third kappa shape index (κ3) is 2.95. The van der Waals surface area contributed by atoms with E-state index in [2.05, 4.69) is 20.7 Å². The summed E-state index contributed by atoms with van der Waals surface area (Å²) in [6.45, 7) is 4.39. The summed E-state index contributed by atoms with van der Waals surface area (Å²) in [6, 6.07) is 0. The second-order valence-corrected chi connectivity index (χ2v) is 7.04. The first-order valence-corrected chi connectivity index (χ1v) is 9.15. The van der Waals surface area contributed by atoms with Crippen LogP contribution >= 0.6 is 0 Å². The molecule has 1 aliphatic heterocycles. The zero-order valence-corrected chi connectivity index (χ0v) is 15.0. The van der Waals surface area contributed by atoms with E-state index in [0.29, 0.717) is 6.54 Å². The minimum atomic E-state index is -0.0240. The van der Waals surface area contributed by atoms with Gasteiger partial charge in [0.25, 0.3) is 5.91 Å². The van der Waals surface area contributed by atoms with E-state index >= 15 is 0 Å². The molecule has 4 rings (SSSR count). The third-order valence-corrected chi connectivity index (χ3v) is 5.43. The Morgan fingerprint density at radius 1 is 1.28 bits per heavy atom. The summed E-state index contributed by atoms with van der Waals surface area (Å²) in [5.74, 6) is -0.0240. The Bertz CT molecular complexity index is 824. The number of aromatic nitrogens is 3. The van der Waals surface area contributed by atoms with Crippen LogP contribution in [0.15, 0.2) is 6.20 Å². The molecule has 0 saturated heterocycles. The van der Waals surface area contributed by atoms with Crippen LogP contribution in [0.25, 0.3) is 0 Å². The van der Waals surface area contributed by atoms with Gasteiger partial charge in [0.15, 0.2) is 0 Å². The van der Waals surface area contributed by atoms with E-state index in [1.807, 2.05) is 20.2 Å². The molecule has 0 fully saturated rings. The van der Waals surface area contributed by atoms with E-state index < -0.39 is 0 Å². The molecule has 1 amide bonds. The van der Waals surface area contributed by atoms with Crippen molar-refractivity contribution >= 4 is 5.91 Å². The van der Waals surface area contributed by atoms with Gasteiger partial charge in [0.2, 0.25) is 0 Å². The zero-order chi connectivity index (χ0) is 17.4. The van der Waals surface area contributed by atoms with Crippen LogP contribution in [0.3, 0.4) is 0 Å². The van der Waals surface area contributed by atoms with Crippen LogP contribution in [-0.2, 0) is 39.4 Å². The van der Waals surface area contributed by atoms with Gasteiger partial charge in [-0.1, -0.05) is 0 Å². The predicted octanol–water partition coefficient (Wildman–Crippen LogP) is 1.58. The molecule has 0 spiro atoms. The average Bonchev–Trinajstić information content (AvgIpc) is 2.96. The summed E-state index contributed by atoms with van der Waals surface area (Å²) >= 11 is 0. The number of nitrogens with one attached hydrogen (secondary N) is 2. The van der Waals surface area contributed by atoms with Crippen molar-refractivity contribution in [3.05, 3.63) is 45.5 Å². The Morgan fingerprint density at radius 3 is 3.00 bits per heavy atom. The summed E-state index contributed by atoms with van der Waals surface area (Å²) in [4.78, 5) is 17.4. The fraction of sp³-hybridized carbons (Fsp3) is 0.526. The number of carbonyl (C=O) groups is 1. The highest BCUT2D eigenvalue weighted by Crippen LogP contribution is 2.24. The van der Waals surface area contributed by atoms with Crippen molar-refractivity contribution in [3.63, 3.8) is 0 Å². The number of hydrogen-bond acceptors (Lipinski definition) is 4. The average molecular weight is 339 g/mol. The van der Waals surface area contributed by atoms with Crippen LogP contribution in [0.1, 0.15) is 57.0 Å². The Kier molecular flexibility index (Phi) is 4.29. The maximum absolute atomic E-state index is 12.8. The molecule has 6 heteroatoms. The van der Waals surface area contributed by atoms with Gasteiger partial charge < -0.3 is 10.6 Å². The lowest BCUT2D eigenvalue weighted by Gasteiger charge is -2.21. The topological polar surface area (TPSA) is 71.8 Å². The lowest BCUT2D eigenvalue weighted by Crippen LogP contribution is -2.30. The molecule has 132 valence electrons. The molecule has 0 aromatic carbocycles. The van der Waals surface area contributed by atoms with E-state index in [-0.39, 0.29) is 5.91 Å². The molecule has 0 bridgehead atoms. The molecule has 2 N–H and O–H groups in total. The van der Waals surface area contributed by atoms with Gasteiger partial charge in [0.05, 0.1) is 5.69 Å². The molecule has 1 aliphatic carbocycles. The highest BCUT2D eigenvalue weighted by atomic mass is 16.2. The lowest BCUT2D eigenvalue weighted by molar-refractivity contribution is 0.0940. The van der Waals surface area contributed by atoms with Crippen molar-refractivity contribution in [1.29, 1.82) is 0 Å². The molecule has 0 radical (unpaired) electrons. The summed E-state index contributed by atoms with van der Waals surface area (Å²) in [6.07, 6.45) is 7.20. The predicted molar refractivity (Wildman–Crippen MR) is 95.4 cm³/mol. The first kappa shape index (κ1) is 16.3. The molecule has 0 atom stereocenters. The normalized spacial score (nSPS) is 16.2. The third-order valence-electron chi connectivity index (χ3n) is 5.43. The van der Waals surface area contributed by atoms with Crippen molar-refractivity contribution in [1.82, 2.24) is 25.4 Å². The van der Waals surface area contributed by atoms with E-state index in [0.717, 1.165) is 61.4 Å². The quantitative estimate of drug-likeness (QED) is 0.891. The molecule has 3 heterocycles. The number of fused-ring (bicyclic) bond motifs is 2. The van der Waals surface area contributed by atoms with Crippen LogP contribution in [0.4, 0.5) is 0 Å². The van der Waals surface area contributed by atoms with Crippen LogP contribution in [-0.4, -0.2) is 27.2 Å². The molecular weight excluding hydrogens is 314 g/mol. The Labute approximate surface area is 148 Å². The Hall–Kier alpha value is -2.21. The first-order valence-electron chi connectivity index (χ1n) is 9.15. The molecule has 2 aromatic rings. The van der Waals surface area contributed by atoms with Crippen LogP contribution in [0.2, 0.25) is 0 Å². The largest absolute Gasteiger partial charge is 0.347 e. The molecule has 2 aromatic heterocycles. The molecule has 2 aliphatic rings. The second kappa shape index (κ2) is 6.59. The summed E-state index contributed by atoms with van der Waals surface area (Å²) in [5, 5.41) is 11.1. The molecule has 25 heavy (non-hydrogen) atoms. The molecule has 0 unspecified atom stereocenters. The van der Waals surface area contributed by atoms with Crippen molar-refractivity contribution in [2.75, 3.05) is 6.54 Å². The van der Waals surface area contributed by atoms with Gasteiger partial charge in [-0.05, 0) is 62.3 Å². The number of hydrogen-bond donors (Lipinski definition) is 2. The molecule has 6 nitrogen and oxygen atoms in total. The van der Waals surface area contributed by atoms with Crippen molar-refractivity contribution in [2.45, 2.75) is 52.1 Å². The fourth-order valence-electron chi connectivity index (χ4n) is 4.10. The monoisotopic (exact) mass is 339 g/mol. The van der Waals surface area contributed by atoms with E-state index in [1.54, 1.807) is 4.68 Å². The number of pyridine rings is 1. The Balaban J connectivity index is 1.57. The van der Waals surface area contributed by atoms with Gasteiger partial charge >= 0.3 is 0 Å². The van der Waals surface area contributed by atoms with E-state index in [4.69, 9.17) is 0 Å². The standard InChI is InChI=1S/C19H25N5O/c1-12-16(14-7-8-20-9-13(14)10-21-12)11-22-19(25)18-15-5-3-4-6-17(15)23-24(18)2/h10,20H,3-9,11H2,1-2H3,(H,22,25). The summed E-state index contributed by atoms with van der Waals surface area (Å²) in [7, 11) is 1.87. The first-order chi connectivity index (χ1) is 12.1. The second-order valence-electron chi connectivity index (χ2n) is 7.04. The SMILES string of the molecule is Cc1ncc2c(c1CNC(=O)c1c3c(nn1C)CCCC3)CCNC2. The van der Waals surface area contributed by atoms with Gasteiger partial charge in [0, 0.05) is 37.6 Å². The Morgan fingerprint density at radius 2 is 2.12 bits per heavy atom. The van der Waals surface area contributed by atoms with Gasteiger partial charge in [-0.15, -0.1) is 0 Å². The smallest absolute Gasteiger partial charge is 0.270 e. The van der Waals surface area contributed by atoms with Crippen molar-refractivity contribution in [2.24, 2.45) is 7.05 Å². The highest BCUT2D eigenvalue weighted by Gasteiger charge is 2.24. The maximum atomic E-state index is 12.8. The van der Waals surface area contributed by atoms with E-state index in [1.165, 1.54) is 23.1 Å². The molecule has 0 saturated carbocycles. The number of amides is 1. The zero-order valence-electron chi connectivity index (χ0n) is 15.0. The maximum Gasteiger partial charge on any atom is 0.270 e. The van der Waals surface area contributed by atoms with Crippen LogP contribution in [0, 0.1) is 6.92 Å². The minimum absolute atomic E-state index is 0.0240. The summed E-state index contributed by atoms with van der Waals surface area (Å²) < 4.78 is 1.75. The lowest BCUT2D eigenvalue weighted by atomic mass is 9.95. The fourth-order valence-corrected chi connectivity index (χ4v) is 4.10. The molecular formula is C19H25N5O. The van der Waals surface area contributed by atoms with Gasteiger partial charge in [0.1, 0.15) is 5.69 Å². The van der Waals surface area contributed by atoms with Gasteiger partial charge in [-0.2, -0.15) is 5.10 Å². The number of rotatable bonds is 3. The van der Waals surface area contributed by atoms with Crippen molar-refractivity contribution < 1.29 is 4.79 Å². The minimum Gasteiger partial charge on any atom is -0.347 e. The van der Waals surface area contributed by atoms with Gasteiger partial charge in [-0.3, -0.25) is 14.5 Å². The number of aryl methyl sites for hydroxylation is 3. The van der Waals surface area contributed by atoms with Crippen LogP contribution < -0.4 is 10.6 Å². The number of nitrogens with zero attached hydrogens (tertiary/aromatic N) is 3. The van der Waals surface area contributed by atoms with Crippen LogP contribution in [0.5, 0.6) is 0 Å². The van der Waals surface area contributed by atoms with Gasteiger partial charge in [-0.25, -0.2) is 0 Å². The van der Waals surface area contributed by atoms with Crippen molar-refractivity contribution in [3.8, 4) is 0 Å². The van der Waals surface area contributed by atoms with E-state index in [9.17, 15) is 4.79 Å². The highest BCUT2D eigenvalue weighted by molar-refractivity contribution is 5.94. The summed E-state index contributed by atoms with van der Waals surface area (Å²) in [5.41, 5.74) is 7.74.